The molecule has 0 radical (unpaired) electrons. The van der Waals surface area contributed by atoms with Crippen LogP contribution in [0, 0.1) is 11.3 Å². The molecular formula is C26H37N7O3S. The Labute approximate surface area is 219 Å². The number of amides is 1. The summed E-state index contributed by atoms with van der Waals surface area (Å²) >= 11 is 0. The lowest BCUT2D eigenvalue weighted by Crippen LogP contribution is -2.52. The van der Waals surface area contributed by atoms with Crippen molar-refractivity contribution in [1.82, 2.24) is 19.1 Å². The van der Waals surface area contributed by atoms with Gasteiger partial charge in [0.15, 0.2) is 0 Å². The van der Waals surface area contributed by atoms with Crippen molar-refractivity contribution in [2.45, 2.75) is 43.0 Å². The van der Waals surface area contributed by atoms with Gasteiger partial charge >= 0.3 is 0 Å². The Morgan fingerprint density at radius 2 is 1.84 bits per heavy atom. The highest BCUT2D eigenvalue weighted by Gasteiger charge is 2.41. The second kappa shape index (κ2) is 10.7. The number of carbonyl (C=O) groups is 1. The highest BCUT2D eigenvalue weighted by molar-refractivity contribution is 7.89. The van der Waals surface area contributed by atoms with E-state index in [9.17, 15) is 13.2 Å². The fraction of sp³-hybridized carbons (Fsp3) is 0.538. The van der Waals surface area contributed by atoms with Crippen LogP contribution in [-0.2, 0) is 14.8 Å². The fourth-order valence-corrected chi connectivity index (χ4v) is 7.62. The number of para-hydroxylation sites is 1. The van der Waals surface area contributed by atoms with E-state index in [0.29, 0.717) is 43.6 Å². The van der Waals surface area contributed by atoms with Gasteiger partial charge in [-0.25, -0.2) is 8.42 Å². The number of piperidine rings is 2. The molecule has 0 aliphatic carbocycles. The van der Waals surface area contributed by atoms with E-state index in [2.05, 4.69) is 20.5 Å². The van der Waals surface area contributed by atoms with Crippen LogP contribution in [0.25, 0.3) is 0 Å². The molecule has 200 valence electrons. The molecule has 5 rings (SSSR count). The van der Waals surface area contributed by atoms with Crippen LogP contribution in [-0.4, -0.2) is 91.6 Å². The molecule has 10 nitrogen and oxygen atoms in total. The van der Waals surface area contributed by atoms with Gasteiger partial charge in [0, 0.05) is 46.0 Å². The Hall–Kier alpha value is -3.05. The first-order valence-electron chi connectivity index (χ1n) is 13.2. The van der Waals surface area contributed by atoms with Crippen LogP contribution in [0.1, 0.15) is 37.7 Å². The molecule has 1 aromatic carbocycles. The van der Waals surface area contributed by atoms with Gasteiger partial charge in [0.05, 0.1) is 23.8 Å². The molecule has 1 amide bonds. The predicted octanol–water partition coefficient (Wildman–Crippen LogP) is 2.59. The van der Waals surface area contributed by atoms with E-state index in [1.165, 1.54) is 0 Å². The van der Waals surface area contributed by atoms with Gasteiger partial charge in [0.2, 0.25) is 15.9 Å². The number of benzene rings is 1. The van der Waals surface area contributed by atoms with Crippen LogP contribution in [0.4, 0.5) is 11.5 Å². The predicted molar refractivity (Wildman–Crippen MR) is 145 cm³/mol. The smallest absolute Gasteiger partial charge is 0.245 e. The molecule has 4 heterocycles. The Balaban J connectivity index is 1.24. The quantitative estimate of drug-likeness (QED) is 0.324. The molecule has 0 bridgehead atoms. The molecule has 2 aromatic rings. The van der Waals surface area contributed by atoms with Crippen LogP contribution in [0.2, 0.25) is 0 Å². The van der Waals surface area contributed by atoms with Crippen molar-refractivity contribution < 1.29 is 13.2 Å². The maximum Gasteiger partial charge on any atom is 0.245 e. The Kier molecular flexibility index (Phi) is 7.43. The normalized spacial score (nSPS) is 22.5. The van der Waals surface area contributed by atoms with E-state index in [4.69, 9.17) is 5.41 Å². The first kappa shape index (κ1) is 25.6. The van der Waals surface area contributed by atoms with E-state index < -0.39 is 10.0 Å². The number of rotatable bonds is 7. The lowest BCUT2D eigenvalue weighted by atomic mass is 9.92. The van der Waals surface area contributed by atoms with Gasteiger partial charge in [-0.2, -0.15) is 4.31 Å². The first-order valence-corrected chi connectivity index (χ1v) is 14.7. The van der Waals surface area contributed by atoms with Crippen molar-refractivity contribution in [3.05, 3.63) is 42.1 Å². The summed E-state index contributed by atoms with van der Waals surface area (Å²) in [6.07, 6.45) is 6.56. The van der Waals surface area contributed by atoms with Crippen molar-refractivity contribution in [1.29, 1.82) is 5.41 Å². The number of H-pyrrole nitrogens is 1. The summed E-state index contributed by atoms with van der Waals surface area (Å²) in [5, 5.41) is 15.1. The minimum absolute atomic E-state index is 0.0308. The number of sulfonamides is 1. The van der Waals surface area contributed by atoms with E-state index in [-0.39, 0.29) is 23.4 Å². The number of aromatic amines is 1. The standard InChI is InChI=1S/C26H37N7O3S/c1-28-26-20(9-12-29-26)25(27)33-16-11-19-10-15-31(18-22(19)33)24(34)17-30-21-7-3-4-8-23(21)37(35,36)32-13-5-2-6-14-32/h3-4,7-9,12,19,22,27-30H,2,5-6,10-11,13-18H2,1H3. The van der Waals surface area contributed by atoms with Crippen molar-refractivity contribution in [3.63, 3.8) is 0 Å². The molecule has 4 N–H and O–H groups in total. The third-order valence-electron chi connectivity index (χ3n) is 8.00. The van der Waals surface area contributed by atoms with E-state index >= 15 is 0 Å². The zero-order valence-electron chi connectivity index (χ0n) is 21.4. The molecule has 1 aromatic heterocycles. The van der Waals surface area contributed by atoms with Gasteiger partial charge in [0.25, 0.3) is 0 Å². The van der Waals surface area contributed by atoms with Crippen LogP contribution in [0.5, 0.6) is 0 Å². The number of anilines is 2. The monoisotopic (exact) mass is 527 g/mol. The van der Waals surface area contributed by atoms with Gasteiger partial charge in [-0.3, -0.25) is 10.2 Å². The fourth-order valence-electron chi connectivity index (χ4n) is 5.94. The molecular weight excluding hydrogens is 490 g/mol. The van der Waals surface area contributed by atoms with Gasteiger partial charge in [-0.05, 0) is 49.8 Å². The van der Waals surface area contributed by atoms with Crippen molar-refractivity contribution in [3.8, 4) is 0 Å². The summed E-state index contributed by atoms with van der Waals surface area (Å²) in [5.74, 6) is 1.70. The Bertz CT molecular complexity index is 1240. The van der Waals surface area contributed by atoms with E-state index in [1.807, 2.05) is 24.2 Å². The molecule has 0 saturated carbocycles. The highest BCUT2D eigenvalue weighted by Crippen LogP contribution is 2.34. The maximum atomic E-state index is 13.3. The summed E-state index contributed by atoms with van der Waals surface area (Å²) in [4.78, 5) is 20.6. The summed E-state index contributed by atoms with van der Waals surface area (Å²) in [6.45, 7) is 3.17. The average molecular weight is 528 g/mol. The number of amidine groups is 1. The first-order chi connectivity index (χ1) is 17.9. The van der Waals surface area contributed by atoms with Crippen LogP contribution < -0.4 is 10.6 Å². The largest absolute Gasteiger partial charge is 0.375 e. The molecule has 0 spiro atoms. The lowest BCUT2D eigenvalue weighted by Gasteiger charge is -2.39. The van der Waals surface area contributed by atoms with Gasteiger partial charge in [-0.15, -0.1) is 0 Å². The zero-order valence-corrected chi connectivity index (χ0v) is 22.2. The topological polar surface area (TPSA) is 125 Å². The number of carbonyl (C=O) groups excluding carboxylic acids is 1. The number of nitrogens with one attached hydrogen (secondary N) is 4. The summed E-state index contributed by atoms with van der Waals surface area (Å²) < 4.78 is 28.1. The second-order valence-corrected chi connectivity index (χ2v) is 12.0. The molecule has 3 aliphatic heterocycles. The van der Waals surface area contributed by atoms with E-state index in [0.717, 1.165) is 50.0 Å². The van der Waals surface area contributed by atoms with Crippen LogP contribution in [0.3, 0.4) is 0 Å². The molecule has 37 heavy (non-hydrogen) atoms. The lowest BCUT2D eigenvalue weighted by molar-refractivity contribution is -0.131. The van der Waals surface area contributed by atoms with Gasteiger partial charge < -0.3 is 25.4 Å². The number of hydrogen-bond acceptors (Lipinski definition) is 6. The Morgan fingerprint density at radius 3 is 2.62 bits per heavy atom. The molecule has 3 saturated heterocycles. The molecule has 2 unspecified atom stereocenters. The molecule has 11 heteroatoms. The Morgan fingerprint density at radius 1 is 1.08 bits per heavy atom. The van der Waals surface area contributed by atoms with Crippen molar-refractivity contribution in [2.75, 3.05) is 56.9 Å². The van der Waals surface area contributed by atoms with Crippen molar-refractivity contribution >= 4 is 33.3 Å². The minimum atomic E-state index is -3.61. The minimum Gasteiger partial charge on any atom is -0.375 e. The van der Waals surface area contributed by atoms with E-state index in [1.54, 1.807) is 28.6 Å². The SMILES string of the molecule is CNc1[nH]ccc1C(=N)N1CCC2CCN(C(=O)CNc3ccccc3S(=O)(=O)N3CCCCC3)CC21. The van der Waals surface area contributed by atoms with Crippen LogP contribution >= 0.6 is 0 Å². The second-order valence-electron chi connectivity index (χ2n) is 10.1. The zero-order chi connectivity index (χ0) is 26.0. The van der Waals surface area contributed by atoms with Gasteiger partial charge in [-0.1, -0.05) is 18.6 Å². The number of nitrogens with zero attached hydrogens (tertiary/aromatic N) is 3. The number of likely N-dealkylation sites (tertiary alicyclic amines) is 2. The summed E-state index contributed by atoms with van der Waals surface area (Å²) in [6, 6.07) is 8.87. The third kappa shape index (κ3) is 5.06. The van der Waals surface area contributed by atoms with Crippen molar-refractivity contribution in [2.24, 2.45) is 5.92 Å². The van der Waals surface area contributed by atoms with Crippen LogP contribution in [0.15, 0.2) is 41.4 Å². The average Bonchev–Trinajstić information content (AvgIpc) is 3.59. The number of aromatic nitrogens is 1. The number of hydrogen-bond donors (Lipinski definition) is 4. The third-order valence-corrected chi connectivity index (χ3v) is 9.96. The summed E-state index contributed by atoms with van der Waals surface area (Å²) in [5.41, 5.74) is 1.30. The molecule has 2 atom stereocenters. The summed E-state index contributed by atoms with van der Waals surface area (Å²) in [7, 11) is -1.78. The highest BCUT2D eigenvalue weighted by atomic mass is 32.2. The molecule has 3 fully saturated rings. The van der Waals surface area contributed by atoms with Gasteiger partial charge in [0.1, 0.15) is 16.5 Å². The maximum absolute atomic E-state index is 13.3. The molecule has 3 aliphatic rings. The number of fused-ring (bicyclic) bond motifs is 1.